The fourth-order valence-corrected chi connectivity index (χ4v) is 4.75. The summed E-state index contributed by atoms with van der Waals surface area (Å²) in [7, 11) is 3.25. The standard InChI is InChI=1S/C28H29N3O4S/c1-18-15-26(34-5)19(2)14-24(18)25(32)17-36-28-30-29-27(31(28)21-10-7-6-8-11-21)20(3)35-23-13-9-12-22(16-23)33-4/h6-16,20H,17H2,1-5H3. The van der Waals surface area contributed by atoms with Gasteiger partial charge in [0.1, 0.15) is 17.2 Å². The molecule has 36 heavy (non-hydrogen) atoms. The van der Waals surface area contributed by atoms with E-state index in [2.05, 4.69) is 10.2 Å². The molecule has 0 spiro atoms. The molecule has 1 aromatic heterocycles. The fourth-order valence-electron chi connectivity index (χ4n) is 3.91. The zero-order valence-corrected chi connectivity index (χ0v) is 21.8. The van der Waals surface area contributed by atoms with Crippen molar-refractivity contribution in [1.82, 2.24) is 14.8 Å². The number of hydrogen-bond donors (Lipinski definition) is 0. The summed E-state index contributed by atoms with van der Waals surface area (Å²) in [5.41, 5.74) is 3.38. The van der Waals surface area contributed by atoms with E-state index < -0.39 is 6.10 Å². The van der Waals surface area contributed by atoms with Crippen LogP contribution in [-0.4, -0.2) is 40.5 Å². The number of ether oxygens (including phenoxy) is 3. The Labute approximate surface area is 215 Å². The van der Waals surface area contributed by atoms with Crippen molar-refractivity contribution in [2.24, 2.45) is 0 Å². The zero-order valence-electron chi connectivity index (χ0n) is 21.0. The molecular weight excluding hydrogens is 474 g/mol. The van der Waals surface area contributed by atoms with Crippen molar-refractivity contribution in [3.8, 4) is 22.9 Å². The molecular formula is C28H29N3O4S. The van der Waals surface area contributed by atoms with Crippen molar-refractivity contribution in [2.75, 3.05) is 20.0 Å². The Hall–Kier alpha value is -3.78. The Bertz CT molecular complexity index is 1350. The molecule has 0 aliphatic carbocycles. The molecule has 7 nitrogen and oxygen atoms in total. The molecule has 8 heteroatoms. The molecule has 1 heterocycles. The van der Waals surface area contributed by atoms with Crippen molar-refractivity contribution in [3.05, 3.63) is 89.2 Å². The van der Waals surface area contributed by atoms with Gasteiger partial charge in [0.25, 0.3) is 0 Å². The molecule has 1 unspecified atom stereocenters. The highest BCUT2D eigenvalue weighted by atomic mass is 32.2. The number of rotatable bonds is 10. The summed E-state index contributed by atoms with van der Waals surface area (Å²) >= 11 is 1.35. The number of carbonyl (C=O) groups is 1. The average molecular weight is 504 g/mol. The first-order valence-corrected chi connectivity index (χ1v) is 12.5. The molecule has 1 atom stereocenters. The molecule has 186 valence electrons. The summed E-state index contributed by atoms with van der Waals surface area (Å²) in [5, 5.41) is 9.48. The highest BCUT2D eigenvalue weighted by Crippen LogP contribution is 2.30. The van der Waals surface area contributed by atoms with Gasteiger partial charge in [0.2, 0.25) is 0 Å². The first-order valence-electron chi connectivity index (χ1n) is 11.5. The van der Waals surface area contributed by atoms with Gasteiger partial charge in [0.15, 0.2) is 22.9 Å². The van der Waals surface area contributed by atoms with E-state index in [0.29, 0.717) is 28.0 Å². The summed E-state index contributed by atoms with van der Waals surface area (Å²) in [4.78, 5) is 13.1. The minimum Gasteiger partial charge on any atom is -0.497 e. The van der Waals surface area contributed by atoms with Crippen LogP contribution in [0.15, 0.2) is 71.9 Å². The number of Topliss-reactive ketones (excluding diaryl/α,β-unsaturated/α-hetero) is 1. The maximum absolute atomic E-state index is 13.1. The van der Waals surface area contributed by atoms with Crippen LogP contribution in [0, 0.1) is 13.8 Å². The SMILES string of the molecule is COc1cccc(OC(C)c2nnc(SCC(=O)c3cc(C)c(OC)cc3C)n2-c2ccccc2)c1. The second-order valence-electron chi connectivity index (χ2n) is 8.30. The predicted molar refractivity (Wildman–Crippen MR) is 141 cm³/mol. The minimum absolute atomic E-state index is 0.0214. The highest BCUT2D eigenvalue weighted by molar-refractivity contribution is 7.99. The number of ketones is 1. The molecule has 3 aromatic carbocycles. The number of para-hydroxylation sites is 1. The normalized spacial score (nSPS) is 11.7. The molecule has 0 aliphatic rings. The van der Waals surface area contributed by atoms with Crippen LogP contribution in [0.4, 0.5) is 0 Å². The number of benzene rings is 3. The van der Waals surface area contributed by atoms with Gasteiger partial charge in [0.05, 0.1) is 20.0 Å². The maximum Gasteiger partial charge on any atom is 0.196 e. The fraction of sp³-hybridized carbons (Fsp3) is 0.250. The van der Waals surface area contributed by atoms with Gasteiger partial charge < -0.3 is 14.2 Å². The van der Waals surface area contributed by atoms with Gasteiger partial charge in [-0.05, 0) is 68.3 Å². The van der Waals surface area contributed by atoms with Crippen LogP contribution in [0.3, 0.4) is 0 Å². The van der Waals surface area contributed by atoms with Crippen molar-refractivity contribution >= 4 is 17.5 Å². The molecule has 4 aromatic rings. The third-order valence-corrected chi connectivity index (χ3v) is 6.69. The van der Waals surface area contributed by atoms with Gasteiger partial charge in [-0.2, -0.15) is 0 Å². The van der Waals surface area contributed by atoms with Crippen LogP contribution in [-0.2, 0) is 0 Å². The third-order valence-electron chi connectivity index (χ3n) is 5.77. The van der Waals surface area contributed by atoms with E-state index in [1.807, 2.05) is 92.1 Å². The van der Waals surface area contributed by atoms with Crippen LogP contribution in [0.5, 0.6) is 17.2 Å². The first-order chi connectivity index (χ1) is 17.4. The van der Waals surface area contributed by atoms with Crippen LogP contribution in [0.1, 0.15) is 40.3 Å². The molecule has 0 saturated heterocycles. The molecule has 0 bridgehead atoms. The van der Waals surface area contributed by atoms with E-state index in [4.69, 9.17) is 14.2 Å². The molecule has 0 saturated carbocycles. The summed E-state index contributed by atoms with van der Waals surface area (Å²) in [6, 6.07) is 21.0. The van der Waals surface area contributed by atoms with E-state index in [0.717, 1.165) is 22.6 Å². The summed E-state index contributed by atoms with van der Waals surface area (Å²) < 4.78 is 18.8. The second kappa shape index (κ2) is 11.3. The molecule has 0 amide bonds. The summed E-state index contributed by atoms with van der Waals surface area (Å²) in [5.74, 6) is 3.03. The monoisotopic (exact) mass is 503 g/mol. The summed E-state index contributed by atoms with van der Waals surface area (Å²) in [6.45, 7) is 5.78. The Morgan fingerprint density at radius 3 is 2.39 bits per heavy atom. The van der Waals surface area contributed by atoms with Crippen molar-refractivity contribution in [3.63, 3.8) is 0 Å². The molecule has 4 rings (SSSR count). The number of methoxy groups -OCH3 is 2. The quantitative estimate of drug-likeness (QED) is 0.194. The van der Waals surface area contributed by atoms with Crippen molar-refractivity contribution < 1.29 is 19.0 Å². The van der Waals surface area contributed by atoms with Gasteiger partial charge >= 0.3 is 0 Å². The van der Waals surface area contributed by atoms with Crippen LogP contribution in [0.25, 0.3) is 5.69 Å². The van der Waals surface area contributed by atoms with Gasteiger partial charge in [-0.15, -0.1) is 10.2 Å². The molecule has 0 radical (unpaired) electrons. The van der Waals surface area contributed by atoms with Gasteiger partial charge in [-0.25, -0.2) is 0 Å². The zero-order chi connectivity index (χ0) is 25.7. The van der Waals surface area contributed by atoms with Crippen LogP contribution < -0.4 is 14.2 Å². The van der Waals surface area contributed by atoms with E-state index in [1.165, 1.54) is 11.8 Å². The van der Waals surface area contributed by atoms with E-state index >= 15 is 0 Å². The van der Waals surface area contributed by atoms with Crippen molar-refractivity contribution in [2.45, 2.75) is 32.0 Å². The Balaban J connectivity index is 1.60. The maximum atomic E-state index is 13.1. The Morgan fingerprint density at radius 2 is 1.67 bits per heavy atom. The molecule has 0 aliphatic heterocycles. The summed E-state index contributed by atoms with van der Waals surface area (Å²) in [6.07, 6.45) is -0.402. The lowest BCUT2D eigenvalue weighted by Crippen LogP contribution is -2.12. The largest absolute Gasteiger partial charge is 0.497 e. The van der Waals surface area contributed by atoms with Gasteiger partial charge in [-0.1, -0.05) is 36.0 Å². The lowest BCUT2D eigenvalue weighted by atomic mass is 10.0. The lowest BCUT2D eigenvalue weighted by molar-refractivity contribution is 0.102. The topological polar surface area (TPSA) is 75.5 Å². The van der Waals surface area contributed by atoms with Gasteiger partial charge in [-0.3, -0.25) is 9.36 Å². The average Bonchev–Trinajstić information content (AvgIpc) is 3.33. The Morgan fingerprint density at radius 1 is 0.917 bits per heavy atom. The van der Waals surface area contributed by atoms with Crippen LogP contribution in [0.2, 0.25) is 0 Å². The van der Waals surface area contributed by atoms with Gasteiger partial charge in [0, 0.05) is 17.3 Å². The van der Waals surface area contributed by atoms with Crippen LogP contribution >= 0.6 is 11.8 Å². The second-order valence-corrected chi connectivity index (χ2v) is 9.24. The molecule has 0 N–H and O–H groups in total. The smallest absolute Gasteiger partial charge is 0.196 e. The number of thioether (sulfide) groups is 1. The molecule has 0 fully saturated rings. The highest BCUT2D eigenvalue weighted by Gasteiger charge is 2.22. The van der Waals surface area contributed by atoms with E-state index in [1.54, 1.807) is 14.2 Å². The predicted octanol–water partition coefficient (Wildman–Crippen LogP) is 6.02. The van der Waals surface area contributed by atoms with E-state index in [9.17, 15) is 4.79 Å². The lowest BCUT2D eigenvalue weighted by Gasteiger charge is -2.17. The number of carbonyl (C=O) groups excluding carboxylic acids is 1. The minimum atomic E-state index is -0.402. The van der Waals surface area contributed by atoms with E-state index in [-0.39, 0.29) is 11.5 Å². The number of nitrogens with zero attached hydrogens (tertiary/aromatic N) is 3. The number of hydrogen-bond acceptors (Lipinski definition) is 7. The third kappa shape index (κ3) is 5.54. The first kappa shape index (κ1) is 25.3. The van der Waals surface area contributed by atoms with Crippen molar-refractivity contribution in [1.29, 1.82) is 0 Å². The number of aromatic nitrogens is 3. The Kier molecular flexibility index (Phi) is 7.95. The number of aryl methyl sites for hydroxylation is 2.